The van der Waals surface area contributed by atoms with Crippen molar-refractivity contribution in [3.63, 3.8) is 0 Å². The van der Waals surface area contributed by atoms with Crippen molar-refractivity contribution in [3.05, 3.63) is 52.5 Å². The van der Waals surface area contributed by atoms with E-state index in [1.165, 1.54) is 0 Å². The van der Waals surface area contributed by atoms with Crippen molar-refractivity contribution in [2.24, 2.45) is 5.92 Å². The van der Waals surface area contributed by atoms with Crippen molar-refractivity contribution in [3.8, 4) is 0 Å². The fraction of sp³-hybridized carbons (Fsp3) is 0.263. The lowest BCUT2D eigenvalue weighted by Crippen LogP contribution is -2.31. The summed E-state index contributed by atoms with van der Waals surface area (Å²) in [5, 5.41) is 9.66. The second kappa shape index (κ2) is 7.98. The summed E-state index contributed by atoms with van der Waals surface area (Å²) in [6, 6.07) is 11.7. The van der Waals surface area contributed by atoms with E-state index in [1.807, 2.05) is 12.1 Å². The van der Waals surface area contributed by atoms with E-state index in [0.29, 0.717) is 15.7 Å². The summed E-state index contributed by atoms with van der Waals surface area (Å²) in [6.45, 7) is 1.75. The third-order valence-corrected chi connectivity index (χ3v) is 4.63. The minimum Gasteiger partial charge on any atom is -0.374 e. The van der Waals surface area contributed by atoms with Crippen molar-refractivity contribution in [1.82, 2.24) is 0 Å². The molecule has 2 amide bonds. The Morgan fingerprint density at radius 1 is 1.00 bits per heavy atom. The Labute approximate surface area is 162 Å². The SMILES string of the molecule is CC(Nc1ccc(NC(=O)C2CC2)cc1)C(=O)Nc1cc(Cl)ccc1Cl. The molecule has 1 saturated carbocycles. The molecule has 1 aliphatic rings. The Morgan fingerprint density at radius 3 is 2.31 bits per heavy atom. The summed E-state index contributed by atoms with van der Waals surface area (Å²) in [6.07, 6.45) is 1.93. The van der Waals surface area contributed by atoms with E-state index in [2.05, 4.69) is 16.0 Å². The lowest BCUT2D eigenvalue weighted by atomic mass is 10.2. The summed E-state index contributed by atoms with van der Waals surface area (Å²) in [5.41, 5.74) is 1.99. The van der Waals surface area contributed by atoms with Gasteiger partial charge in [-0.15, -0.1) is 0 Å². The molecule has 0 heterocycles. The average Bonchev–Trinajstić information content (AvgIpc) is 3.45. The molecule has 0 spiro atoms. The number of nitrogens with one attached hydrogen (secondary N) is 3. The van der Waals surface area contributed by atoms with Crippen LogP contribution in [-0.4, -0.2) is 17.9 Å². The number of carbonyl (C=O) groups is 2. The second-order valence-electron chi connectivity index (χ2n) is 6.32. The monoisotopic (exact) mass is 391 g/mol. The Morgan fingerprint density at radius 2 is 1.65 bits per heavy atom. The maximum absolute atomic E-state index is 12.3. The molecule has 1 fully saturated rings. The fourth-order valence-electron chi connectivity index (χ4n) is 2.39. The van der Waals surface area contributed by atoms with Crippen LogP contribution in [0.3, 0.4) is 0 Å². The van der Waals surface area contributed by atoms with Gasteiger partial charge in [-0.25, -0.2) is 0 Å². The van der Waals surface area contributed by atoms with Crippen LogP contribution in [-0.2, 0) is 9.59 Å². The number of carbonyl (C=O) groups excluding carboxylic acids is 2. The Hall–Kier alpha value is -2.24. The molecule has 3 N–H and O–H groups in total. The van der Waals surface area contributed by atoms with Crippen LogP contribution in [0.4, 0.5) is 17.1 Å². The van der Waals surface area contributed by atoms with Crippen LogP contribution in [0.1, 0.15) is 19.8 Å². The van der Waals surface area contributed by atoms with Crippen molar-refractivity contribution in [2.75, 3.05) is 16.0 Å². The molecule has 2 aromatic rings. The third-order valence-electron chi connectivity index (χ3n) is 4.06. The molecule has 0 aliphatic heterocycles. The molecule has 1 aliphatic carbocycles. The van der Waals surface area contributed by atoms with E-state index < -0.39 is 6.04 Å². The maximum Gasteiger partial charge on any atom is 0.246 e. The van der Waals surface area contributed by atoms with Gasteiger partial charge in [-0.3, -0.25) is 9.59 Å². The highest BCUT2D eigenvalue weighted by Gasteiger charge is 2.29. The van der Waals surface area contributed by atoms with E-state index in [-0.39, 0.29) is 17.7 Å². The van der Waals surface area contributed by atoms with Crippen LogP contribution < -0.4 is 16.0 Å². The van der Waals surface area contributed by atoms with E-state index in [9.17, 15) is 9.59 Å². The number of hydrogen-bond acceptors (Lipinski definition) is 3. The molecule has 136 valence electrons. The van der Waals surface area contributed by atoms with Gasteiger partial charge in [0.1, 0.15) is 6.04 Å². The minimum absolute atomic E-state index is 0.0665. The molecule has 2 aromatic carbocycles. The van der Waals surface area contributed by atoms with Gasteiger partial charge in [0, 0.05) is 22.3 Å². The van der Waals surface area contributed by atoms with Gasteiger partial charge in [-0.1, -0.05) is 23.2 Å². The first kappa shape index (κ1) is 18.5. The second-order valence-corrected chi connectivity index (χ2v) is 7.16. The normalized spacial score (nSPS) is 14.4. The van der Waals surface area contributed by atoms with Crippen molar-refractivity contribution >= 4 is 52.1 Å². The topological polar surface area (TPSA) is 70.2 Å². The number of rotatable bonds is 6. The van der Waals surface area contributed by atoms with Gasteiger partial charge in [0.05, 0.1) is 10.7 Å². The molecular weight excluding hydrogens is 373 g/mol. The predicted molar refractivity (Wildman–Crippen MR) is 106 cm³/mol. The summed E-state index contributed by atoms with van der Waals surface area (Å²) in [4.78, 5) is 24.1. The first-order valence-corrected chi connectivity index (χ1v) is 9.11. The quantitative estimate of drug-likeness (QED) is 0.663. The number of anilines is 3. The lowest BCUT2D eigenvalue weighted by Gasteiger charge is -2.16. The number of hydrogen-bond donors (Lipinski definition) is 3. The molecule has 0 aromatic heterocycles. The van der Waals surface area contributed by atoms with Crippen molar-refractivity contribution in [2.45, 2.75) is 25.8 Å². The van der Waals surface area contributed by atoms with E-state index in [1.54, 1.807) is 37.3 Å². The highest BCUT2D eigenvalue weighted by Crippen LogP contribution is 2.30. The van der Waals surface area contributed by atoms with Gasteiger partial charge in [-0.05, 0) is 62.2 Å². The summed E-state index contributed by atoms with van der Waals surface area (Å²) < 4.78 is 0. The minimum atomic E-state index is -0.489. The molecule has 0 radical (unpaired) electrons. The first-order chi connectivity index (χ1) is 12.4. The zero-order valence-corrected chi connectivity index (χ0v) is 15.7. The third kappa shape index (κ3) is 4.90. The summed E-state index contributed by atoms with van der Waals surface area (Å²) >= 11 is 12.0. The fourth-order valence-corrected chi connectivity index (χ4v) is 2.73. The Bertz CT molecular complexity index is 820. The van der Waals surface area contributed by atoms with Crippen LogP contribution >= 0.6 is 23.2 Å². The molecule has 0 saturated heterocycles. The highest BCUT2D eigenvalue weighted by atomic mass is 35.5. The predicted octanol–water partition coefficient (Wildman–Crippen LogP) is 4.78. The van der Waals surface area contributed by atoms with Gasteiger partial charge in [0.25, 0.3) is 0 Å². The summed E-state index contributed by atoms with van der Waals surface area (Å²) in [5.74, 6) is -0.00744. The highest BCUT2D eigenvalue weighted by molar-refractivity contribution is 6.35. The Kier molecular flexibility index (Phi) is 5.69. The molecule has 26 heavy (non-hydrogen) atoms. The molecule has 1 atom stereocenters. The molecule has 0 bridgehead atoms. The number of halogens is 2. The van der Waals surface area contributed by atoms with Gasteiger partial charge in [0.15, 0.2) is 0 Å². The largest absolute Gasteiger partial charge is 0.374 e. The van der Waals surface area contributed by atoms with Crippen LogP contribution in [0.15, 0.2) is 42.5 Å². The molecule has 5 nitrogen and oxygen atoms in total. The van der Waals surface area contributed by atoms with Crippen molar-refractivity contribution < 1.29 is 9.59 Å². The average molecular weight is 392 g/mol. The standard InChI is InChI=1S/C19H19Cl2N3O2/c1-11(18(25)24-17-10-13(20)4-9-16(17)21)22-14-5-7-15(8-6-14)23-19(26)12-2-3-12/h4-12,22H,2-3H2,1H3,(H,23,26)(H,24,25). The molecule has 3 rings (SSSR count). The Balaban J connectivity index is 1.56. The van der Waals surface area contributed by atoms with E-state index in [0.717, 1.165) is 24.2 Å². The summed E-state index contributed by atoms with van der Waals surface area (Å²) in [7, 11) is 0. The van der Waals surface area contributed by atoms with Gasteiger partial charge < -0.3 is 16.0 Å². The van der Waals surface area contributed by atoms with Gasteiger partial charge >= 0.3 is 0 Å². The molecule has 7 heteroatoms. The zero-order chi connectivity index (χ0) is 18.7. The molecular formula is C19H19Cl2N3O2. The van der Waals surface area contributed by atoms with Crippen molar-refractivity contribution in [1.29, 1.82) is 0 Å². The maximum atomic E-state index is 12.3. The van der Waals surface area contributed by atoms with Crippen LogP contribution in [0.2, 0.25) is 10.0 Å². The molecule has 1 unspecified atom stereocenters. The van der Waals surface area contributed by atoms with E-state index in [4.69, 9.17) is 23.2 Å². The number of benzene rings is 2. The van der Waals surface area contributed by atoms with E-state index >= 15 is 0 Å². The smallest absolute Gasteiger partial charge is 0.246 e. The first-order valence-electron chi connectivity index (χ1n) is 8.36. The number of amides is 2. The van der Waals surface area contributed by atoms with Crippen LogP contribution in [0.5, 0.6) is 0 Å². The van der Waals surface area contributed by atoms with Crippen LogP contribution in [0.25, 0.3) is 0 Å². The van der Waals surface area contributed by atoms with Crippen LogP contribution in [0, 0.1) is 5.92 Å². The van der Waals surface area contributed by atoms with Gasteiger partial charge in [0.2, 0.25) is 11.8 Å². The lowest BCUT2D eigenvalue weighted by molar-refractivity contribution is -0.117. The zero-order valence-electron chi connectivity index (χ0n) is 14.2. The van der Waals surface area contributed by atoms with Gasteiger partial charge in [-0.2, -0.15) is 0 Å².